The molecule has 0 fully saturated rings. The van der Waals surface area contributed by atoms with Crippen LogP contribution in [0.4, 0.5) is 34.1 Å². The van der Waals surface area contributed by atoms with Gasteiger partial charge in [0.15, 0.2) is 0 Å². The van der Waals surface area contributed by atoms with Gasteiger partial charge in [-0.25, -0.2) is 0 Å². The van der Waals surface area contributed by atoms with Crippen LogP contribution in [0, 0.1) is 20.8 Å². The largest absolute Gasteiger partial charge is 0.311 e. The molecule has 0 radical (unpaired) electrons. The predicted octanol–water partition coefficient (Wildman–Crippen LogP) is 11.0. The Balaban J connectivity index is 1.13. The molecule has 2 aliphatic carbocycles. The molecule has 0 N–H and O–H groups in total. The first kappa shape index (κ1) is 30.8. The highest BCUT2D eigenvalue weighted by Crippen LogP contribution is 2.63. The zero-order valence-electron chi connectivity index (χ0n) is 31.1. The summed E-state index contributed by atoms with van der Waals surface area (Å²) in [6.07, 6.45) is 0. The van der Waals surface area contributed by atoms with Gasteiger partial charge in [0.25, 0.3) is 6.71 Å². The van der Waals surface area contributed by atoms with Crippen LogP contribution in [-0.4, -0.2) is 6.71 Å². The molecule has 0 atom stereocenters. The lowest BCUT2D eigenvalue weighted by Crippen LogP contribution is -2.61. The Morgan fingerprint density at radius 2 is 0.891 bits per heavy atom. The summed E-state index contributed by atoms with van der Waals surface area (Å²) in [6, 6.07) is 64.5. The summed E-state index contributed by atoms with van der Waals surface area (Å²) < 4.78 is 0. The fourth-order valence-corrected chi connectivity index (χ4v) is 10.7. The maximum Gasteiger partial charge on any atom is 0.252 e. The first-order chi connectivity index (χ1) is 27.0. The number of nitrogens with zero attached hydrogens (tertiary/aromatic N) is 2. The highest BCUT2D eigenvalue weighted by atomic mass is 15.2. The maximum absolute atomic E-state index is 2.55. The molecular formula is C52H37BN2. The Hall–Kier alpha value is -6.58. The predicted molar refractivity (Wildman–Crippen MR) is 231 cm³/mol. The van der Waals surface area contributed by atoms with E-state index in [2.05, 4.69) is 200 Å². The van der Waals surface area contributed by atoms with Crippen LogP contribution in [-0.2, 0) is 5.41 Å². The molecule has 8 aromatic rings. The second-order valence-corrected chi connectivity index (χ2v) is 15.9. The van der Waals surface area contributed by atoms with E-state index in [0.717, 1.165) is 0 Å². The molecule has 55 heavy (non-hydrogen) atoms. The van der Waals surface area contributed by atoms with Gasteiger partial charge in [-0.1, -0.05) is 121 Å². The van der Waals surface area contributed by atoms with E-state index in [4.69, 9.17) is 0 Å². The van der Waals surface area contributed by atoms with Crippen molar-refractivity contribution in [1.82, 2.24) is 0 Å². The van der Waals surface area contributed by atoms with E-state index in [-0.39, 0.29) is 12.1 Å². The molecule has 0 bridgehead atoms. The van der Waals surface area contributed by atoms with Crippen molar-refractivity contribution in [2.45, 2.75) is 26.2 Å². The van der Waals surface area contributed by atoms with Crippen LogP contribution >= 0.6 is 0 Å². The molecule has 3 heteroatoms. The average Bonchev–Trinajstić information content (AvgIpc) is 3.67. The van der Waals surface area contributed by atoms with Crippen molar-refractivity contribution in [3.8, 4) is 22.3 Å². The van der Waals surface area contributed by atoms with Gasteiger partial charge in [0, 0.05) is 34.1 Å². The Morgan fingerprint density at radius 1 is 0.364 bits per heavy atom. The summed E-state index contributed by atoms with van der Waals surface area (Å²) in [7, 11) is 0. The monoisotopic (exact) mass is 700 g/mol. The average molecular weight is 701 g/mol. The summed E-state index contributed by atoms with van der Waals surface area (Å²) >= 11 is 0. The number of fused-ring (bicyclic) bond motifs is 14. The SMILES string of the molecule is Cc1cccc(N2c3cc(C)ccc3B3c4ccccc4N(c4ccc5c(c4)-c4ccccc4C54c5ccccc5-c5ccccc54)c4cc(C)cc2c43)c1. The minimum absolute atomic E-state index is 0.111. The van der Waals surface area contributed by atoms with E-state index in [9.17, 15) is 0 Å². The van der Waals surface area contributed by atoms with Crippen molar-refractivity contribution < 1.29 is 0 Å². The van der Waals surface area contributed by atoms with Crippen molar-refractivity contribution in [3.05, 3.63) is 209 Å². The molecule has 0 unspecified atom stereocenters. The zero-order chi connectivity index (χ0) is 36.6. The summed E-state index contributed by atoms with van der Waals surface area (Å²) in [5, 5.41) is 0. The van der Waals surface area contributed by atoms with Gasteiger partial charge >= 0.3 is 0 Å². The molecule has 2 aliphatic heterocycles. The first-order valence-corrected chi connectivity index (χ1v) is 19.5. The van der Waals surface area contributed by atoms with Crippen LogP contribution in [0.5, 0.6) is 0 Å². The number of anilines is 6. The molecular weight excluding hydrogens is 663 g/mol. The van der Waals surface area contributed by atoms with Crippen molar-refractivity contribution >= 4 is 57.2 Å². The highest BCUT2D eigenvalue weighted by molar-refractivity contribution is 7.00. The molecule has 1 spiro atoms. The second-order valence-electron chi connectivity index (χ2n) is 15.9. The number of para-hydroxylation sites is 1. The molecule has 0 aromatic heterocycles. The fraction of sp³-hybridized carbons (Fsp3) is 0.0769. The van der Waals surface area contributed by atoms with E-state index < -0.39 is 0 Å². The lowest BCUT2D eigenvalue weighted by molar-refractivity contribution is 0.794. The molecule has 0 saturated carbocycles. The van der Waals surface area contributed by atoms with Gasteiger partial charge in [0.05, 0.1) is 5.41 Å². The molecule has 4 aliphatic rings. The van der Waals surface area contributed by atoms with Gasteiger partial charge in [-0.3, -0.25) is 0 Å². The zero-order valence-corrected chi connectivity index (χ0v) is 31.1. The maximum atomic E-state index is 2.55. The lowest BCUT2D eigenvalue weighted by Gasteiger charge is -2.44. The molecule has 0 amide bonds. The van der Waals surface area contributed by atoms with Gasteiger partial charge in [0.2, 0.25) is 0 Å². The Labute approximate surface area is 323 Å². The van der Waals surface area contributed by atoms with Gasteiger partial charge in [0.1, 0.15) is 0 Å². The normalized spacial score (nSPS) is 14.5. The van der Waals surface area contributed by atoms with Crippen LogP contribution in [0.25, 0.3) is 22.3 Å². The molecule has 2 nitrogen and oxygen atoms in total. The smallest absolute Gasteiger partial charge is 0.252 e. The number of benzene rings is 8. The van der Waals surface area contributed by atoms with Crippen LogP contribution in [0.15, 0.2) is 170 Å². The number of hydrogen-bond donors (Lipinski definition) is 0. The van der Waals surface area contributed by atoms with Crippen LogP contribution in [0.2, 0.25) is 0 Å². The number of hydrogen-bond acceptors (Lipinski definition) is 2. The quantitative estimate of drug-likeness (QED) is 0.166. The van der Waals surface area contributed by atoms with Crippen molar-refractivity contribution in [3.63, 3.8) is 0 Å². The van der Waals surface area contributed by atoms with E-state index in [1.807, 2.05) is 0 Å². The van der Waals surface area contributed by atoms with Crippen LogP contribution in [0.1, 0.15) is 38.9 Å². The van der Waals surface area contributed by atoms with E-state index in [0.29, 0.717) is 0 Å². The van der Waals surface area contributed by atoms with Crippen molar-refractivity contribution in [2.75, 3.05) is 9.80 Å². The Kier molecular flexibility index (Phi) is 6.16. The van der Waals surface area contributed by atoms with Crippen molar-refractivity contribution in [1.29, 1.82) is 0 Å². The van der Waals surface area contributed by atoms with Gasteiger partial charge < -0.3 is 9.80 Å². The summed E-state index contributed by atoms with van der Waals surface area (Å²) in [5.74, 6) is 0. The minimum Gasteiger partial charge on any atom is -0.311 e. The molecule has 8 aromatic carbocycles. The fourth-order valence-electron chi connectivity index (χ4n) is 10.7. The van der Waals surface area contributed by atoms with Gasteiger partial charge in [-0.15, -0.1) is 0 Å². The second kappa shape index (κ2) is 11.0. The van der Waals surface area contributed by atoms with Crippen molar-refractivity contribution in [2.24, 2.45) is 0 Å². The van der Waals surface area contributed by atoms with Crippen LogP contribution in [0.3, 0.4) is 0 Å². The first-order valence-electron chi connectivity index (χ1n) is 19.5. The third-order valence-corrected chi connectivity index (χ3v) is 12.8. The Bertz CT molecular complexity index is 2910. The summed E-state index contributed by atoms with van der Waals surface area (Å²) in [6.45, 7) is 6.76. The van der Waals surface area contributed by atoms with E-state index >= 15 is 0 Å². The third-order valence-electron chi connectivity index (χ3n) is 12.8. The Morgan fingerprint density at radius 3 is 1.58 bits per heavy atom. The summed E-state index contributed by atoms with van der Waals surface area (Å²) in [4.78, 5) is 5.07. The van der Waals surface area contributed by atoms with E-state index in [1.165, 1.54) is 112 Å². The van der Waals surface area contributed by atoms with Gasteiger partial charge in [-0.2, -0.15) is 0 Å². The molecule has 2 heterocycles. The molecule has 258 valence electrons. The van der Waals surface area contributed by atoms with Gasteiger partial charge in [-0.05, 0) is 147 Å². The standard InChI is InChI=1S/C52H37BN2/c1-32-13-12-14-35(27-32)55-48-28-33(2)23-26-46(48)53-45-21-10-11-22-47(45)54(49-29-34(3)30-50(55)51(49)53)36-24-25-44-40(31-36)39-17-6-9-20-43(39)52(44)41-18-7-4-15-37(41)38-16-5-8-19-42(38)52/h4-31H,1-3H3. The number of rotatable bonds is 2. The molecule has 12 rings (SSSR count). The third kappa shape index (κ3) is 3.95. The molecule has 0 saturated heterocycles. The topological polar surface area (TPSA) is 6.48 Å². The lowest BCUT2D eigenvalue weighted by atomic mass is 9.33. The minimum atomic E-state index is -0.360. The van der Waals surface area contributed by atoms with Crippen LogP contribution < -0.4 is 26.2 Å². The summed E-state index contributed by atoms with van der Waals surface area (Å²) in [5.41, 5.74) is 25.6. The van der Waals surface area contributed by atoms with E-state index in [1.54, 1.807) is 0 Å². The number of aryl methyl sites for hydroxylation is 3. The highest BCUT2D eigenvalue weighted by Gasteiger charge is 2.52.